The summed E-state index contributed by atoms with van der Waals surface area (Å²) in [4.78, 5) is 16.7. The van der Waals surface area contributed by atoms with Gasteiger partial charge in [-0.3, -0.25) is 4.79 Å². The molecule has 7 heteroatoms. The number of carbonyl (C=O) groups excluding carboxylic acids is 1. The number of benzene rings is 2. The number of methoxy groups -OCH3 is 1. The van der Waals surface area contributed by atoms with Gasteiger partial charge in [-0.2, -0.15) is 4.99 Å². The number of aromatic nitrogens is 1. The Morgan fingerprint density at radius 3 is 2.76 bits per heavy atom. The minimum atomic E-state index is -0.429. The molecule has 0 saturated carbocycles. The summed E-state index contributed by atoms with van der Waals surface area (Å²) in [6.07, 6.45) is 0. The maximum absolute atomic E-state index is 14.2. The van der Waals surface area contributed by atoms with Gasteiger partial charge in [0.2, 0.25) is 0 Å². The molecule has 1 heterocycles. The van der Waals surface area contributed by atoms with Crippen LogP contribution in [-0.2, 0) is 16.1 Å². The van der Waals surface area contributed by atoms with Crippen LogP contribution in [0, 0.1) is 5.82 Å². The average Bonchev–Trinajstić information content (AvgIpc) is 2.97. The van der Waals surface area contributed by atoms with Crippen molar-refractivity contribution in [1.82, 2.24) is 4.57 Å². The lowest BCUT2D eigenvalue weighted by atomic mass is 10.3. The summed E-state index contributed by atoms with van der Waals surface area (Å²) in [5.41, 5.74) is 0.431. The number of para-hydroxylation sites is 2. The number of nitrogens with zero attached hydrogens (tertiary/aromatic N) is 2. The van der Waals surface area contributed by atoms with Crippen LogP contribution >= 0.6 is 11.3 Å². The first-order valence-corrected chi connectivity index (χ1v) is 8.53. The first-order chi connectivity index (χ1) is 12.2. The van der Waals surface area contributed by atoms with Gasteiger partial charge in [0.15, 0.2) is 11.4 Å². The number of ether oxygens (including phenoxy) is 2. The average molecular weight is 360 g/mol. The van der Waals surface area contributed by atoms with Crippen molar-refractivity contribution in [1.29, 1.82) is 0 Å². The molecule has 3 aromatic rings. The Labute approximate surface area is 148 Å². The molecule has 0 bridgehead atoms. The summed E-state index contributed by atoms with van der Waals surface area (Å²) >= 11 is 1.26. The number of rotatable bonds is 6. The van der Waals surface area contributed by atoms with Gasteiger partial charge < -0.3 is 14.0 Å². The predicted octanol–water partition coefficient (Wildman–Crippen LogP) is 2.99. The molecule has 25 heavy (non-hydrogen) atoms. The van der Waals surface area contributed by atoms with Crippen molar-refractivity contribution in [2.45, 2.75) is 6.54 Å². The van der Waals surface area contributed by atoms with E-state index in [0.29, 0.717) is 29.2 Å². The van der Waals surface area contributed by atoms with Crippen LogP contribution in [0.3, 0.4) is 0 Å². The highest BCUT2D eigenvalue weighted by Crippen LogP contribution is 2.20. The van der Waals surface area contributed by atoms with Gasteiger partial charge in [0.05, 0.1) is 16.8 Å². The first-order valence-electron chi connectivity index (χ1n) is 7.71. The fraction of sp³-hybridized carbons (Fsp3) is 0.222. The fourth-order valence-electron chi connectivity index (χ4n) is 2.36. The zero-order chi connectivity index (χ0) is 17.6. The highest BCUT2D eigenvalue weighted by molar-refractivity contribution is 7.16. The van der Waals surface area contributed by atoms with Gasteiger partial charge in [0.1, 0.15) is 11.6 Å². The van der Waals surface area contributed by atoms with Crippen LogP contribution in [0.2, 0.25) is 0 Å². The van der Waals surface area contributed by atoms with Crippen molar-refractivity contribution < 1.29 is 18.7 Å². The van der Waals surface area contributed by atoms with Crippen LogP contribution in [0.4, 0.5) is 4.39 Å². The number of thiazole rings is 1. The molecule has 0 aliphatic carbocycles. The van der Waals surface area contributed by atoms with Crippen LogP contribution in [0.15, 0.2) is 53.5 Å². The molecule has 5 nitrogen and oxygen atoms in total. The van der Waals surface area contributed by atoms with E-state index < -0.39 is 5.91 Å². The Hall–Kier alpha value is -2.51. The second kappa shape index (κ2) is 8.04. The topological polar surface area (TPSA) is 52.8 Å². The molecule has 0 atom stereocenters. The molecule has 130 valence electrons. The fourth-order valence-corrected chi connectivity index (χ4v) is 3.45. The van der Waals surface area contributed by atoms with Gasteiger partial charge >= 0.3 is 0 Å². The summed E-state index contributed by atoms with van der Waals surface area (Å²) in [6.45, 7) is 0.621. The van der Waals surface area contributed by atoms with E-state index in [1.165, 1.54) is 17.4 Å². The second-order valence-corrected chi connectivity index (χ2v) is 6.23. The molecular weight excluding hydrogens is 343 g/mol. The normalized spacial score (nSPS) is 11.8. The van der Waals surface area contributed by atoms with E-state index in [1.54, 1.807) is 35.9 Å². The predicted molar refractivity (Wildman–Crippen MR) is 94.2 cm³/mol. The van der Waals surface area contributed by atoms with Gasteiger partial charge in [-0.15, -0.1) is 0 Å². The smallest absolute Gasteiger partial charge is 0.286 e. The van der Waals surface area contributed by atoms with Gasteiger partial charge in [0.25, 0.3) is 5.91 Å². The van der Waals surface area contributed by atoms with Crippen molar-refractivity contribution in [2.75, 3.05) is 20.3 Å². The van der Waals surface area contributed by atoms with Crippen LogP contribution in [0.5, 0.6) is 5.75 Å². The summed E-state index contributed by atoms with van der Waals surface area (Å²) in [7, 11) is 1.57. The lowest BCUT2D eigenvalue weighted by Gasteiger charge is -2.05. The van der Waals surface area contributed by atoms with Crippen molar-refractivity contribution in [3.63, 3.8) is 0 Å². The molecule has 0 aliphatic heterocycles. The Morgan fingerprint density at radius 2 is 2.00 bits per heavy atom. The number of halogens is 1. The van der Waals surface area contributed by atoms with Gasteiger partial charge in [0, 0.05) is 13.7 Å². The van der Waals surface area contributed by atoms with Crippen molar-refractivity contribution in [3.05, 3.63) is 59.1 Å². The zero-order valence-corrected chi connectivity index (χ0v) is 14.5. The number of amides is 1. The molecule has 0 aliphatic rings. The minimum Gasteiger partial charge on any atom is -0.484 e. The second-order valence-electron chi connectivity index (χ2n) is 5.22. The van der Waals surface area contributed by atoms with E-state index in [1.807, 2.05) is 18.2 Å². The molecule has 0 radical (unpaired) electrons. The van der Waals surface area contributed by atoms with Gasteiger partial charge in [-0.05, 0) is 24.3 Å². The molecule has 1 aromatic heterocycles. The Balaban J connectivity index is 1.89. The standard InChI is InChI=1S/C18H17FN2O3S/c1-23-11-10-21-17-14(19)8-5-9-15(17)25-18(21)20-16(22)12-24-13-6-3-2-4-7-13/h2-9H,10-12H2,1H3. The van der Waals surface area contributed by atoms with Crippen molar-refractivity contribution in [2.24, 2.45) is 4.99 Å². The lowest BCUT2D eigenvalue weighted by Crippen LogP contribution is -2.21. The quantitative estimate of drug-likeness (QED) is 0.679. The number of fused-ring (bicyclic) bond motifs is 1. The Morgan fingerprint density at radius 1 is 1.20 bits per heavy atom. The molecule has 0 unspecified atom stereocenters. The van der Waals surface area contributed by atoms with Crippen molar-refractivity contribution in [3.8, 4) is 5.75 Å². The third kappa shape index (κ3) is 4.12. The molecule has 1 amide bonds. The number of hydrogen-bond acceptors (Lipinski definition) is 4. The van der Waals surface area contributed by atoms with E-state index in [-0.39, 0.29) is 12.4 Å². The summed E-state index contributed by atoms with van der Waals surface area (Å²) < 4.78 is 27.1. The zero-order valence-electron chi connectivity index (χ0n) is 13.6. The minimum absolute atomic E-state index is 0.176. The highest BCUT2D eigenvalue weighted by atomic mass is 32.1. The summed E-state index contributed by atoms with van der Waals surface area (Å²) in [5, 5.41) is 0. The maximum Gasteiger partial charge on any atom is 0.286 e. The van der Waals surface area contributed by atoms with E-state index in [2.05, 4.69) is 4.99 Å². The lowest BCUT2D eigenvalue weighted by molar-refractivity contribution is -0.120. The van der Waals surface area contributed by atoms with E-state index in [9.17, 15) is 9.18 Å². The van der Waals surface area contributed by atoms with Crippen molar-refractivity contribution >= 4 is 27.5 Å². The number of hydrogen-bond donors (Lipinski definition) is 0. The van der Waals surface area contributed by atoms with Gasteiger partial charge in [-0.1, -0.05) is 35.6 Å². The molecule has 2 aromatic carbocycles. The Kier molecular flexibility index (Phi) is 5.57. The largest absolute Gasteiger partial charge is 0.484 e. The third-order valence-electron chi connectivity index (χ3n) is 3.50. The summed E-state index contributed by atoms with van der Waals surface area (Å²) in [6, 6.07) is 13.9. The van der Waals surface area contributed by atoms with Crippen LogP contribution < -0.4 is 9.54 Å². The summed E-state index contributed by atoms with van der Waals surface area (Å²) in [5.74, 6) is -0.179. The molecular formula is C18H17FN2O3S. The number of carbonyl (C=O) groups is 1. The maximum atomic E-state index is 14.2. The van der Waals surface area contributed by atoms with Crippen LogP contribution in [0.25, 0.3) is 10.2 Å². The first kappa shape index (κ1) is 17.3. The molecule has 0 spiro atoms. The SMILES string of the molecule is COCCn1c(=NC(=O)COc2ccccc2)sc2cccc(F)c21. The van der Waals surface area contributed by atoms with E-state index in [4.69, 9.17) is 9.47 Å². The molecule has 0 fully saturated rings. The van der Waals surface area contributed by atoms with Gasteiger partial charge in [-0.25, -0.2) is 4.39 Å². The molecule has 3 rings (SSSR count). The molecule has 0 saturated heterocycles. The monoisotopic (exact) mass is 360 g/mol. The van der Waals surface area contributed by atoms with Crippen LogP contribution in [0.1, 0.15) is 0 Å². The van der Waals surface area contributed by atoms with E-state index in [0.717, 1.165) is 4.70 Å². The van der Waals surface area contributed by atoms with E-state index >= 15 is 0 Å². The Bertz CT molecular complexity index is 934. The highest BCUT2D eigenvalue weighted by Gasteiger charge is 2.12. The molecule has 0 N–H and O–H groups in total. The van der Waals surface area contributed by atoms with Crippen LogP contribution in [-0.4, -0.2) is 30.8 Å². The third-order valence-corrected chi connectivity index (χ3v) is 4.54.